The predicted molar refractivity (Wildman–Crippen MR) is 111 cm³/mol. The van der Waals surface area contributed by atoms with Gasteiger partial charge in [0.25, 0.3) is 11.8 Å². The van der Waals surface area contributed by atoms with Crippen LogP contribution in [0.5, 0.6) is 0 Å². The van der Waals surface area contributed by atoms with Gasteiger partial charge in [-0.3, -0.25) is 19.3 Å². The van der Waals surface area contributed by atoms with Crippen LogP contribution in [0.25, 0.3) is 0 Å². The van der Waals surface area contributed by atoms with Gasteiger partial charge in [0.05, 0.1) is 0 Å². The molecule has 8 nitrogen and oxygen atoms in total. The van der Waals surface area contributed by atoms with Gasteiger partial charge in [0.2, 0.25) is 0 Å². The van der Waals surface area contributed by atoms with Crippen molar-refractivity contribution in [3.8, 4) is 0 Å². The SMILES string of the molecule is Cc1cccc(C)c1NC(=O)[C@@H](C)OC(=O)CN1C(=O)N[C@@]2(CCCC[C@@H]2C)C1=O. The summed E-state index contributed by atoms with van der Waals surface area (Å²) in [5.41, 5.74) is 1.54. The van der Waals surface area contributed by atoms with Crippen LogP contribution in [0.15, 0.2) is 18.2 Å². The molecule has 3 rings (SSSR count). The molecule has 1 heterocycles. The average molecular weight is 415 g/mol. The highest BCUT2D eigenvalue weighted by atomic mass is 16.5. The molecule has 30 heavy (non-hydrogen) atoms. The Hall–Kier alpha value is -2.90. The number of anilines is 1. The van der Waals surface area contributed by atoms with Crippen LogP contribution in [0.3, 0.4) is 0 Å². The Kier molecular flexibility index (Phi) is 6.14. The van der Waals surface area contributed by atoms with E-state index in [2.05, 4.69) is 10.6 Å². The molecule has 0 unspecified atom stereocenters. The van der Waals surface area contributed by atoms with Crippen LogP contribution in [-0.4, -0.2) is 46.9 Å². The normalized spacial score (nSPS) is 24.5. The Balaban J connectivity index is 1.60. The summed E-state index contributed by atoms with van der Waals surface area (Å²) >= 11 is 0. The summed E-state index contributed by atoms with van der Waals surface area (Å²) in [6, 6.07) is 5.05. The van der Waals surface area contributed by atoms with Crippen LogP contribution in [0.2, 0.25) is 0 Å². The van der Waals surface area contributed by atoms with Crippen LogP contribution in [0, 0.1) is 19.8 Å². The Morgan fingerprint density at radius 3 is 2.57 bits per heavy atom. The van der Waals surface area contributed by atoms with Crippen molar-refractivity contribution >= 4 is 29.5 Å². The summed E-state index contributed by atoms with van der Waals surface area (Å²) in [6.07, 6.45) is 2.21. The maximum absolute atomic E-state index is 12.9. The summed E-state index contributed by atoms with van der Waals surface area (Å²) in [4.78, 5) is 51.0. The molecule has 4 amide bonds. The first kappa shape index (κ1) is 21.8. The number of benzene rings is 1. The standard InChI is InChI=1S/C22H29N3O5/c1-13-8-7-9-14(2)18(13)23-19(27)16(4)30-17(26)12-25-20(28)22(24-21(25)29)11-6-5-10-15(22)3/h7-9,15-16H,5-6,10-12H2,1-4H3,(H,23,27)(H,24,29)/t15-,16+,22+/m0/s1. The summed E-state index contributed by atoms with van der Waals surface area (Å²) in [5.74, 6) is -1.66. The van der Waals surface area contributed by atoms with Gasteiger partial charge in [-0.15, -0.1) is 0 Å². The van der Waals surface area contributed by atoms with Gasteiger partial charge in [0.15, 0.2) is 6.10 Å². The zero-order chi connectivity index (χ0) is 22.1. The van der Waals surface area contributed by atoms with Gasteiger partial charge in [-0.05, 0) is 50.7 Å². The third kappa shape index (κ3) is 4.04. The van der Waals surface area contributed by atoms with Gasteiger partial charge >= 0.3 is 12.0 Å². The lowest BCUT2D eigenvalue weighted by Gasteiger charge is -2.36. The minimum Gasteiger partial charge on any atom is -0.451 e. The quantitative estimate of drug-likeness (QED) is 0.568. The topological polar surface area (TPSA) is 105 Å². The van der Waals surface area contributed by atoms with Crippen LogP contribution in [0.1, 0.15) is 50.7 Å². The molecule has 1 aromatic carbocycles. The molecule has 3 atom stereocenters. The lowest BCUT2D eigenvalue weighted by molar-refractivity contribution is -0.155. The third-order valence-electron chi connectivity index (χ3n) is 6.20. The van der Waals surface area contributed by atoms with E-state index in [-0.39, 0.29) is 11.8 Å². The molecule has 1 aliphatic carbocycles. The molecular weight excluding hydrogens is 386 g/mol. The van der Waals surface area contributed by atoms with E-state index in [0.29, 0.717) is 12.1 Å². The zero-order valence-corrected chi connectivity index (χ0v) is 17.9. The largest absolute Gasteiger partial charge is 0.451 e. The third-order valence-corrected chi connectivity index (χ3v) is 6.20. The minimum atomic E-state index is -1.07. The summed E-state index contributed by atoms with van der Waals surface area (Å²) in [7, 11) is 0. The fraction of sp³-hybridized carbons (Fsp3) is 0.545. The Bertz CT molecular complexity index is 863. The van der Waals surface area contributed by atoms with Crippen molar-refractivity contribution in [1.29, 1.82) is 0 Å². The number of aryl methyl sites for hydroxylation is 2. The number of para-hydroxylation sites is 1. The van der Waals surface area contributed by atoms with Crippen LogP contribution in [0.4, 0.5) is 10.5 Å². The number of nitrogens with one attached hydrogen (secondary N) is 2. The molecule has 1 spiro atoms. The average Bonchev–Trinajstić information content (AvgIpc) is 2.92. The molecule has 1 aliphatic heterocycles. The molecule has 2 aliphatic rings. The van der Waals surface area contributed by atoms with Crippen molar-refractivity contribution in [2.45, 2.75) is 65.0 Å². The number of hydrogen-bond donors (Lipinski definition) is 2. The highest BCUT2D eigenvalue weighted by Gasteiger charge is 2.55. The molecule has 1 aromatic rings. The Morgan fingerprint density at radius 2 is 1.93 bits per heavy atom. The van der Waals surface area contributed by atoms with E-state index < -0.39 is 36.1 Å². The van der Waals surface area contributed by atoms with E-state index in [9.17, 15) is 19.2 Å². The fourth-order valence-electron chi connectivity index (χ4n) is 4.29. The molecule has 1 saturated heterocycles. The number of carbonyl (C=O) groups is 4. The molecule has 1 saturated carbocycles. The van der Waals surface area contributed by atoms with E-state index in [1.54, 1.807) is 0 Å². The van der Waals surface area contributed by atoms with Crippen LogP contribution >= 0.6 is 0 Å². The number of rotatable bonds is 5. The van der Waals surface area contributed by atoms with Gasteiger partial charge in [0, 0.05) is 5.69 Å². The first-order valence-corrected chi connectivity index (χ1v) is 10.4. The molecule has 162 valence electrons. The van der Waals surface area contributed by atoms with Crippen molar-refractivity contribution in [1.82, 2.24) is 10.2 Å². The number of esters is 1. The van der Waals surface area contributed by atoms with Gasteiger partial charge in [0.1, 0.15) is 12.1 Å². The molecule has 2 N–H and O–H groups in total. The molecule has 2 fully saturated rings. The van der Waals surface area contributed by atoms with Crippen molar-refractivity contribution in [3.63, 3.8) is 0 Å². The van der Waals surface area contributed by atoms with Crippen LogP contribution < -0.4 is 10.6 Å². The summed E-state index contributed by atoms with van der Waals surface area (Å²) in [5, 5.41) is 5.57. The van der Waals surface area contributed by atoms with E-state index >= 15 is 0 Å². The van der Waals surface area contributed by atoms with E-state index in [4.69, 9.17) is 4.74 Å². The van der Waals surface area contributed by atoms with Crippen LogP contribution in [-0.2, 0) is 19.1 Å². The Labute approximate surface area is 176 Å². The number of urea groups is 1. The maximum Gasteiger partial charge on any atom is 0.327 e. The zero-order valence-electron chi connectivity index (χ0n) is 17.9. The smallest absolute Gasteiger partial charge is 0.327 e. The molecule has 0 bridgehead atoms. The van der Waals surface area contributed by atoms with Gasteiger partial charge in [-0.1, -0.05) is 38.0 Å². The summed E-state index contributed by atoms with van der Waals surface area (Å²) in [6.45, 7) is 6.63. The first-order chi connectivity index (χ1) is 14.2. The van der Waals surface area contributed by atoms with Crippen molar-refractivity contribution in [2.75, 3.05) is 11.9 Å². The number of imide groups is 1. The van der Waals surface area contributed by atoms with Crippen molar-refractivity contribution < 1.29 is 23.9 Å². The number of hydrogen-bond acceptors (Lipinski definition) is 5. The van der Waals surface area contributed by atoms with E-state index in [1.165, 1.54) is 6.92 Å². The van der Waals surface area contributed by atoms with E-state index in [0.717, 1.165) is 35.3 Å². The summed E-state index contributed by atoms with van der Waals surface area (Å²) < 4.78 is 5.20. The van der Waals surface area contributed by atoms with Crippen molar-refractivity contribution in [2.24, 2.45) is 5.92 Å². The molecular formula is C22H29N3O5. The number of amides is 4. The fourth-order valence-corrected chi connectivity index (χ4v) is 4.29. The van der Waals surface area contributed by atoms with Gasteiger partial charge in [-0.25, -0.2) is 4.79 Å². The highest BCUT2D eigenvalue weighted by Crippen LogP contribution is 2.38. The number of carbonyl (C=O) groups excluding carboxylic acids is 4. The second kappa shape index (κ2) is 8.45. The number of nitrogens with zero attached hydrogens (tertiary/aromatic N) is 1. The molecule has 0 aromatic heterocycles. The monoisotopic (exact) mass is 415 g/mol. The highest BCUT2D eigenvalue weighted by molar-refractivity contribution is 6.09. The molecule has 0 radical (unpaired) electrons. The second-order valence-corrected chi connectivity index (χ2v) is 8.33. The first-order valence-electron chi connectivity index (χ1n) is 10.4. The van der Waals surface area contributed by atoms with E-state index in [1.807, 2.05) is 39.0 Å². The lowest BCUT2D eigenvalue weighted by atomic mass is 9.73. The van der Waals surface area contributed by atoms with Gasteiger partial charge < -0.3 is 15.4 Å². The Morgan fingerprint density at radius 1 is 1.27 bits per heavy atom. The number of ether oxygens (including phenoxy) is 1. The maximum atomic E-state index is 12.9. The van der Waals surface area contributed by atoms with Crippen molar-refractivity contribution in [3.05, 3.63) is 29.3 Å². The second-order valence-electron chi connectivity index (χ2n) is 8.33. The lowest BCUT2D eigenvalue weighted by Crippen LogP contribution is -2.54. The predicted octanol–water partition coefficient (Wildman–Crippen LogP) is 2.67. The minimum absolute atomic E-state index is 0.00535. The van der Waals surface area contributed by atoms with Gasteiger partial charge in [-0.2, -0.15) is 0 Å². The molecule has 8 heteroatoms.